The van der Waals surface area contributed by atoms with Crippen molar-refractivity contribution in [2.45, 2.75) is 6.17 Å². The summed E-state index contributed by atoms with van der Waals surface area (Å²) in [4.78, 5) is 7.98. The van der Waals surface area contributed by atoms with Crippen LogP contribution in [0.25, 0.3) is 11.0 Å². The smallest absolute Gasteiger partial charge is 0.365 e. The predicted octanol–water partition coefficient (Wildman–Crippen LogP) is 4.19. The number of imidazole rings is 1. The number of fused-ring (bicyclic) bond motifs is 3. The Morgan fingerprint density at radius 3 is 2.64 bits per heavy atom. The van der Waals surface area contributed by atoms with Crippen LogP contribution in [0.2, 0.25) is 5.02 Å². The second-order valence-corrected chi connectivity index (χ2v) is 6.94. The van der Waals surface area contributed by atoms with Crippen LogP contribution in [0.15, 0.2) is 77.8 Å². The van der Waals surface area contributed by atoms with Gasteiger partial charge in [-0.05, 0) is 48.5 Å². The quantitative estimate of drug-likeness (QED) is 0.459. The molecule has 1 aromatic heterocycles. The van der Waals surface area contributed by atoms with Crippen LogP contribution in [0.3, 0.4) is 0 Å². The molecule has 1 aliphatic rings. The van der Waals surface area contributed by atoms with Crippen LogP contribution >= 0.6 is 11.6 Å². The predicted molar refractivity (Wildman–Crippen MR) is 110 cm³/mol. The minimum absolute atomic E-state index is 0.304. The van der Waals surface area contributed by atoms with Gasteiger partial charge in [-0.1, -0.05) is 35.9 Å². The zero-order valence-electron chi connectivity index (χ0n) is 14.8. The van der Waals surface area contributed by atoms with Gasteiger partial charge < -0.3 is 10.5 Å². The van der Waals surface area contributed by atoms with Crippen molar-refractivity contribution in [3.63, 3.8) is 0 Å². The number of halogens is 1. The Balaban J connectivity index is 1.56. The summed E-state index contributed by atoms with van der Waals surface area (Å²) < 4.78 is 8.07. The molecule has 28 heavy (non-hydrogen) atoms. The fourth-order valence-electron chi connectivity index (χ4n) is 3.39. The van der Waals surface area contributed by atoms with E-state index in [-0.39, 0.29) is 6.17 Å². The number of anilines is 1. The minimum Gasteiger partial charge on any atom is -0.457 e. The summed E-state index contributed by atoms with van der Waals surface area (Å²) in [6.45, 7) is 0. The van der Waals surface area contributed by atoms with Gasteiger partial charge in [0.25, 0.3) is 5.96 Å². The van der Waals surface area contributed by atoms with E-state index < -0.39 is 0 Å². The van der Waals surface area contributed by atoms with Crippen LogP contribution in [-0.4, -0.2) is 10.9 Å². The minimum atomic E-state index is -0.304. The van der Waals surface area contributed by atoms with Crippen LogP contribution in [0.5, 0.6) is 11.5 Å². The number of para-hydroxylation sites is 2. The highest BCUT2D eigenvalue weighted by Crippen LogP contribution is 2.28. The van der Waals surface area contributed by atoms with Gasteiger partial charge in [0.15, 0.2) is 0 Å². The molecule has 4 aromatic rings. The molecule has 3 aromatic carbocycles. The summed E-state index contributed by atoms with van der Waals surface area (Å²) in [5, 5.41) is 3.77. The Kier molecular flexibility index (Phi) is 3.91. The van der Waals surface area contributed by atoms with Crippen molar-refractivity contribution in [3.8, 4) is 11.5 Å². The Morgan fingerprint density at radius 1 is 0.964 bits per heavy atom. The van der Waals surface area contributed by atoms with Gasteiger partial charge in [0.05, 0.1) is 0 Å². The molecular formula is C21H17ClN5O+. The second kappa shape index (κ2) is 6.58. The molecular weight excluding hydrogens is 374 g/mol. The van der Waals surface area contributed by atoms with Crippen molar-refractivity contribution in [1.29, 1.82) is 0 Å². The molecule has 0 fully saturated rings. The lowest BCUT2D eigenvalue weighted by Crippen LogP contribution is -2.48. The number of aromatic nitrogens is 2. The van der Waals surface area contributed by atoms with Gasteiger partial charge in [0.2, 0.25) is 6.17 Å². The molecule has 2 heterocycles. The first-order chi connectivity index (χ1) is 13.7. The molecule has 0 bridgehead atoms. The number of H-pyrrole nitrogens is 1. The molecule has 0 amide bonds. The van der Waals surface area contributed by atoms with Gasteiger partial charge in [0, 0.05) is 10.6 Å². The van der Waals surface area contributed by atoms with E-state index in [1.54, 1.807) is 12.1 Å². The Bertz CT molecular complexity index is 1200. The number of aromatic amines is 1. The number of guanidine groups is 1. The number of benzene rings is 3. The average Bonchev–Trinajstić information content (AvgIpc) is 3.07. The summed E-state index contributed by atoms with van der Waals surface area (Å²) in [6.07, 6.45) is -0.304. The number of nitrogens with zero attached hydrogens (tertiary/aromatic N) is 2. The van der Waals surface area contributed by atoms with Gasteiger partial charge in [-0.15, -0.1) is 0 Å². The average molecular weight is 391 g/mol. The topological polar surface area (TPSA) is 79.3 Å². The molecule has 138 valence electrons. The zero-order valence-corrected chi connectivity index (χ0v) is 15.5. The molecule has 0 aliphatic carbocycles. The van der Waals surface area contributed by atoms with Crippen molar-refractivity contribution in [2.75, 3.05) is 5.32 Å². The van der Waals surface area contributed by atoms with Crippen LogP contribution in [0.4, 0.5) is 5.95 Å². The number of hydrogen-bond acceptors (Lipinski definition) is 4. The molecule has 4 N–H and O–H groups in total. The summed E-state index contributed by atoms with van der Waals surface area (Å²) >= 11 is 5.95. The van der Waals surface area contributed by atoms with E-state index in [0.29, 0.717) is 16.7 Å². The molecule has 5 rings (SSSR count). The molecule has 0 saturated carbocycles. The van der Waals surface area contributed by atoms with Gasteiger partial charge >= 0.3 is 5.95 Å². The fraction of sp³-hybridized carbons (Fsp3) is 0.0476. The molecule has 0 spiro atoms. The van der Waals surface area contributed by atoms with Gasteiger partial charge in [-0.25, -0.2) is 14.9 Å². The molecule has 0 radical (unpaired) electrons. The lowest BCUT2D eigenvalue weighted by atomic mass is 10.1. The number of nitrogens with one attached hydrogen (secondary N) is 2. The van der Waals surface area contributed by atoms with E-state index in [9.17, 15) is 0 Å². The molecule has 1 aliphatic heterocycles. The summed E-state index contributed by atoms with van der Waals surface area (Å²) in [5.41, 5.74) is 9.05. The first-order valence-corrected chi connectivity index (χ1v) is 9.21. The van der Waals surface area contributed by atoms with Crippen molar-refractivity contribution >= 4 is 34.5 Å². The van der Waals surface area contributed by atoms with E-state index in [1.807, 2.05) is 54.6 Å². The van der Waals surface area contributed by atoms with E-state index in [2.05, 4.69) is 25.9 Å². The zero-order chi connectivity index (χ0) is 19.1. The third kappa shape index (κ3) is 2.93. The lowest BCUT2D eigenvalue weighted by Gasteiger charge is -2.18. The monoisotopic (exact) mass is 390 g/mol. The molecule has 0 unspecified atom stereocenters. The normalized spacial score (nSPS) is 15.6. The molecule has 7 heteroatoms. The summed E-state index contributed by atoms with van der Waals surface area (Å²) in [6, 6.07) is 23.2. The number of rotatable bonds is 3. The maximum absolute atomic E-state index is 6.04. The Morgan fingerprint density at radius 2 is 1.79 bits per heavy atom. The number of hydrogen-bond donors (Lipinski definition) is 3. The standard InChI is InChI=1S/C21H16ClN5O/c22-14-8-10-15(11-9-14)28-16-5-3-4-13(12-16)19-25-20(23)26-21-24-17-6-1-2-7-18(17)27(19)21/h1-12,19H,(H3,23,24,25,26)/p+1/t19-/m1/s1. The van der Waals surface area contributed by atoms with Crippen LogP contribution < -0.4 is 20.4 Å². The second-order valence-electron chi connectivity index (χ2n) is 6.50. The van der Waals surface area contributed by atoms with Crippen molar-refractivity contribution in [2.24, 2.45) is 10.7 Å². The first-order valence-electron chi connectivity index (χ1n) is 8.83. The van der Waals surface area contributed by atoms with E-state index in [4.69, 9.17) is 22.1 Å². The molecule has 6 nitrogen and oxygen atoms in total. The number of aliphatic imine (C=N–C) groups is 1. The number of ether oxygens (including phenoxy) is 1. The van der Waals surface area contributed by atoms with Crippen molar-refractivity contribution in [1.82, 2.24) is 4.98 Å². The maximum atomic E-state index is 6.04. The van der Waals surface area contributed by atoms with Crippen LogP contribution in [-0.2, 0) is 0 Å². The van der Waals surface area contributed by atoms with Crippen LogP contribution in [0.1, 0.15) is 11.7 Å². The highest BCUT2D eigenvalue weighted by molar-refractivity contribution is 6.30. The first kappa shape index (κ1) is 16.6. The Labute approximate surface area is 166 Å². The Hall–Kier alpha value is -3.51. The largest absolute Gasteiger partial charge is 0.457 e. The fourth-order valence-corrected chi connectivity index (χ4v) is 3.51. The highest BCUT2D eigenvalue weighted by atomic mass is 35.5. The van der Waals surface area contributed by atoms with Gasteiger partial charge in [0.1, 0.15) is 22.5 Å². The lowest BCUT2D eigenvalue weighted by molar-refractivity contribution is -0.674. The van der Waals surface area contributed by atoms with Crippen LogP contribution in [0, 0.1) is 0 Å². The summed E-state index contributed by atoms with van der Waals surface area (Å²) in [7, 11) is 0. The van der Waals surface area contributed by atoms with E-state index in [1.165, 1.54) is 0 Å². The van der Waals surface area contributed by atoms with Gasteiger partial charge in [-0.2, -0.15) is 4.99 Å². The van der Waals surface area contributed by atoms with Crippen molar-refractivity contribution in [3.05, 3.63) is 83.4 Å². The maximum Gasteiger partial charge on any atom is 0.365 e. The summed E-state index contributed by atoms with van der Waals surface area (Å²) in [5.74, 6) is 2.59. The van der Waals surface area contributed by atoms with E-state index in [0.717, 1.165) is 28.3 Å². The van der Waals surface area contributed by atoms with Crippen molar-refractivity contribution < 1.29 is 9.30 Å². The van der Waals surface area contributed by atoms with Gasteiger partial charge in [-0.3, -0.25) is 0 Å². The molecule has 0 saturated heterocycles. The third-order valence-electron chi connectivity index (χ3n) is 4.62. The molecule has 1 atom stereocenters. The number of nitrogens with two attached hydrogens (primary N) is 1. The SMILES string of the molecule is NC1=N[C@@H](c2cccc(Oc3ccc(Cl)cc3)c2)[n+]2c([nH]c3ccccc32)N1. The third-order valence-corrected chi connectivity index (χ3v) is 4.87. The highest BCUT2D eigenvalue weighted by Gasteiger charge is 2.31. The van der Waals surface area contributed by atoms with E-state index >= 15 is 0 Å².